The Kier molecular flexibility index (Phi) is 3.37. The molecule has 2 fully saturated rings. The molecule has 5 nitrogen and oxygen atoms in total. The van der Waals surface area contributed by atoms with Crippen molar-refractivity contribution in [1.29, 1.82) is 0 Å². The van der Waals surface area contributed by atoms with Gasteiger partial charge in [-0.15, -0.1) is 11.8 Å². The van der Waals surface area contributed by atoms with E-state index in [4.69, 9.17) is 4.74 Å². The lowest BCUT2D eigenvalue weighted by atomic mass is 9.93. The molecular weight excluding hydrogens is 303 g/mol. The van der Waals surface area contributed by atoms with Crippen LogP contribution in [0.5, 0.6) is 5.75 Å². The quantitative estimate of drug-likeness (QED) is 0.864. The van der Waals surface area contributed by atoms with Crippen molar-refractivity contribution in [2.45, 2.75) is 17.3 Å². The van der Waals surface area contributed by atoms with Gasteiger partial charge in [0.1, 0.15) is 11.9 Å². The molecule has 1 atom stereocenters. The van der Waals surface area contributed by atoms with E-state index >= 15 is 0 Å². The van der Waals surface area contributed by atoms with Crippen molar-refractivity contribution in [1.82, 2.24) is 15.0 Å². The summed E-state index contributed by atoms with van der Waals surface area (Å²) in [6, 6.07) is 3.81. The van der Waals surface area contributed by atoms with Gasteiger partial charge in [-0.1, -0.05) is 0 Å². The lowest BCUT2D eigenvalue weighted by molar-refractivity contribution is 0.201. The van der Waals surface area contributed by atoms with Crippen molar-refractivity contribution in [2.24, 2.45) is 0 Å². The van der Waals surface area contributed by atoms with Crippen LogP contribution in [0.2, 0.25) is 0 Å². The summed E-state index contributed by atoms with van der Waals surface area (Å²) in [5.41, 5.74) is 0. The number of ether oxygens (including phenoxy) is 1. The molecule has 2 aliphatic rings. The summed E-state index contributed by atoms with van der Waals surface area (Å²) in [6.07, 6.45) is 7.13. The highest BCUT2D eigenvalue weighted by atomic mass is 32.2. The second kappa shape index (κ2) is 5.39. The van der Waals surface area contributed by atoms with Gasteiger partial charge in [0.05, 0.1) is 23.3 Å². The summed E-state index contributed by atoms with van der Waals surface area (Å²) < 4.78 is 19.0. The lowest BCUT2D eigenvalue weighted by Crippen LogP contribution is -2.59. The minimum absolute atomic E-state index is 0.213. The Morgan fingerprint density at radius 3 is 2.82 bits per heavy atom. The third-order valence-corrected chi connectivity index (χ3v) is 5.54. The molecular formula is C15H15FN4OS. The van der Waals surface area contributed by atoms with Crippen molar-refractivity contribution in [3.05, 3.63) is 42.7 Å². The van der Waals surface area contributed by atoms with E-state index in [-0.39, 0.29) is 10.9 Å². The van der Waals surface area contributed by atoms with E-state index in [1.165, 1.54) is 12.4 Å². The van der Waals surface area contributed by atoms with Crippen LogP contribution in [0.4, 0.5) is 10.3 Å². The molecule has 1 spiro atoms. The SMILES string of the molecule is Fc1cnc(N2CC3(CC(Oc4cccnc4)CS3)C2)nc1. The predicted molar refractivity (Wildman–Crippen MR) is 82.7 cm³/mol. The minimum Gasteiger partial charge on any atom is -0.488 e. The second-order valence-corrected chi connectivity index (χ2v) is 7.17. The normalized spacial score (nSPS) is 22.6. The first-order valence-corrected chi connectivity index (χ1v) is 8.14. The molecule has 0 N–H and O–H groups in total. The van der Waals surface area contributed by atoms with E-state index in [9.17, 15) is 4.39 Å². The van der Waals surface area contributed by atoms with Crippen LogP contribution in [0.15, 0.2) is 36.9 Å². The van der Waals surface area contributed by atoms with Gasteiger partial charge in [0.15, 0.2) is 5.82 Å². The second-order valence-electron chi connectivity index (χ2n) is 5.68. The number of thioether (sulfide) groups is 1. The van der Waals surface area contributed by atoms with E-state index in [2.05, 4.69) is 19.9 Å². The molecule has 2 saturated heterocycles. The fourth-order valence-corrected chi connectivity index (χ4v) is 4.49. The van der Waals surface area contributed by atoms with Crippen LogP contribution in [-0.2, 0) is 0 Å². The Hall–Kier alpha value is -1.89. The van der Waals surface area contributed by atoms with Crippen LogP contribution in [-0.4, -0.2) is 44.6 Å². The Labute approximate surface area is 131 Å². The van der Waals surface area contributed by atoms with Crippen LogP contribution >= 0.6 is 11.8 Å². The molecule has 4 rings (SSSR count). The van der Waals surface area contributed by atoms with E-state index in [1.54, 1.807) is 12.4 Å². The van der Waals surface area contributed by atoms with E-state index in [0.717, 1.165) is 31.0 Å². The van der Waals surface area contributed by atoms with Crippen molar-refractivity contribution < 1.29 is 9.13 Å². The van der Waals surface area contributed by atoms with Gasteiger partial charge in [-0.05, 0) is 12.1 Å². The highest BCUT2D eigenvalue weighted by Gasteiger charge is 2.50. The Bertz CT molecular complexity index is 648. The fourth-order valence-electron chi connectivity index (χ4n) is 2.97. The molecule has 0 aromatic carbocycles. The Morgan fingerprint density at radius 2 is 2.09 bits per heavy atom. The Balaban J connectivity index is 1.35. The number of pyridine rings is 1. The van der Waals surface area contributed by atoms with Crippen LogP contribution in [0.3, 0.4) is 0 Å². The maximum absolute atomic E-state index is 12.9. The first-order valence-electron chi connectivity index (χ1n) is 7.16. The molecule has 0 bridgehead atoms. The number of nitrogens with zero attached hydrogens (tertiary/aromatic N) is 4. The average Bonchev–Trinajstić information content (AvgIpc) is 2.92. The predicted octanol–water partition coefficient (Wildman–Crippen LogP) is 2.15. The maximum atomic E-state index is 12.9. The molecule has 4 heterocycles. The highest BCUT2D eigenvalue weighted by Crippen LogP contribution is 2.46. The zero-order valence-corrected chi connectivity index (χ0v) is 12.7. The Morgan fingerprint density at radius 1 is 1.27 bits per heavy atom. The van der Waals surface area contributed by atoms with Gasteiger partial charge in [-0.3, -0.25) is 4.98 Å². The van der Waals surface area contributed by atoms with E-state index < -0.39 is 5.82 Å². The number of anilines is 1. The third-order valence-electron chi connectivity index (χ3n) is 3.96. The van der Waals surface area contributed by atoms with Gasteiger partial charge in [0.2, 0.25) is 5.95 Å². The van der Waals surface area contributed by atoms with Crippen molar-refractivity contribution in [3.63, 3.8) is 0 Å². The third kappa shape index (κ3) is 2.61. The molecule has 2 aromatic heterocycles. The summed E-state index contributed by atoms with van der Waals surface area (Å²) in [5, 5.41) is 0. The number of rotatable bonds is 3. The molecule has 114 valence electrons. The topological polar surface area (TPSA) is 51.1 Å². The first kappa shape index (κ1) is 13.8. The molecule has 0 aliphatic carbocycles. The van der Waals surface area contributed by atoms with Crippen LogP contribution in [0.25, 0.3) is 0 Å². The van der Waals surface area contributed by atoms with Gasteiger partial charge in [0.25, 0.3) is 0 Å². The number of hydrogen-bond acceptors (Lipinski definition) is 6. The van der Waals surface area contributed by atoms with Crippen LogP contribution in [0, 0.1) is 5.82 Å². The monoisotopic (exact) mass is 318 g/mol. The molecule has 7 heteroatoms. The summed E-state index contributed by atoms with van der Waals surface area (Å²) in [7, 11) is 0. The smallest absolute Gasteiger partial charge is 0.225 e. The zero-order valence-electron chi connectivity index (χ0n) is 11.9. The zero-order chi connectivity index (χ0) is 15.0. The molecule has 2 aromatic rings. The van der Waals surface area contributed by atoms with Crippen LogP contribution in [0.1, 0.15) is 6.42 Å². The summed E-state index contributed by atoms with van der Waals surface area (Å²) in [5.74, 6) is 2.00. The standard InChI is InChI=1S/C15H15FN4OS/c16-11-5-18-14(19-6-11)20-9-15(10-20)4-13(8-22-15)21-12-2-1-3-17-7-12/h1-3,5-7,13H,4,8-10H2. The van der Waals surface area contributed by atoms with Crippen molar-refractivity contribution in [3.8, 4) is 5.75 Å². The molecule has 0 saturated carbocycles. The van der Waals surface area contributed by atoms with E-state index in [1.807, 2.05) is 23.9 Å². The fraction of sp³-hybridized carbons (Fsp3) is 0.400. The van der Waals surface area contributed by atoms with Crippen LogP contribution < -0.4 is 9.64 Å². The van der Waals surface area contributed by atoms with Gasteiger partial charge >= 0.3 is 0 Å². The first-order chi connectivity index (χ1) is 10.7. The van der Waals surface area contributed by atoms with E-state index in [0.29, 0.717) is 5.95 Å². The largest absolute Gasteiger partial charge is 0.488 e. The van der Waals surface area contributed by atoms with Gasteiger partial charge in [-0.25, -0.2) is 14.4 Å². The molecule has 2 aliphatic heterocycles. The van der Waals surface area contributed by atoms with Gasteiger partial charge in [-0.2, -0.15) is 0 Å². The summed E-state index contributed by atoms with van der Waals surface area (Å²) in [6.45, 7) is 1.77. The molecule has 0 radical (unpaired) electrons. The molecule has 22 heavy (non-hydrogen) atoms. The lowest BCUT2D eigenvalue weighted by Gasteiger charge is -2.47. The highest BCUT2D eigenvalue weighted by molar-refractivity contribution is 8.01. The average molecular weight is 318 g/mol. The van der Waals surface area contributed by atoms with Crippen molar-refractivity contribution >= 4 is 17.7 Å². The number of halogens is 1. The molecule has 1 unspecified atom stereocenters. The van der Waals surface area contributed by atoms with Gasteiger partial charge in [0, 0.05) is 31.5 Å². The minimum atomic E-state index is -0.404. The summed E-state index contributed by atoms with van der Waals surface area (Å²) >= 11 is 1.94. The molecule has 0 amide bonds. The van der Waals surface area contributed by atoms with Gasteiger partial charge < -0.3 is 9.64 Å². The number of aromatic nitrogens is 3. The number of hydrogen-bond donors (Lipinski definition) is 0. The van der Waals surface area contributed by atoms with Crippen molar-refractivity contribution in [2.75, 3.05) is 23.7 Å². The maximum Gasteiger partial charge on any atom is 0.225 e. The summed E-state index contributed by atoms with van der Waals surface area (Å²) in [4.78, 5) is 14.2.